The largest absolute Gasteiger partial charge is 0.497 e. The van der Waals surface area contributed by atoms with Crippen molar-refractivity contribution >= 4 is 10.8 Å². The number of aliphatic hydroxyl groups excluding tert-OH is 1. The quantitative estimate of drug-likeness (QED) is 0.799. The van der Waals surface area contributed by atoms with Crippen molar-refractivity contribution in [1.82, 2.24) is 9.78 Å². The highest BCUT2D eigenvalue weighted by Crippen LogP contribution is 2.27. The van der Waals surface area contributed by atoms with Gasteiger partial charge >= 0.3 is 0 Å². The molecule has 0 aliphatic carbocycles. The summed E-state index contributed by atoms with van der Waals surface area (Å²) in [5.41, 5.74) is 1.67. The van der Waals surface area contributed by atoms with Gasteiger partial charge < -0.3 is 9.84 Å². The molecule has 0 aliphatic rings. The van der Waals surface area contributed by atoms with Crippen LogP contribution in [0.5, 0.6) is 5.75 Å². The van der Waals surface area contributed by atoms with Crippen molar-refractivity contribution in [3.8, 4) is 5.75 Å². The van der Waals surface area contributed by atoms with E-state index in [0.29, 0.717) is 0 Å². The fraction of sp³-hybridized carbons (Fsp3) is 0.235. The minimum absolute atomic E-state index is 0.656. The van der Waals surface area contributed by atoms with Crippen molar-refractivity contribution in [2.24, 2.45) is 0 Å². The maximum Gasteiger partial charge on any atom is 0.119 e. The van der Waals surface area contributed by atoms with E-state index in [9.17, 15) is 5.11 Å². The minimum Gasteiger partial charge on any atom is -0.497 e. The molecule has 0 amide bonds. The van der Waals surface area contributed by atoms with E-state index in [0.717, 1.165) is 34.2 Å². The summed E-state index contributed by atoms with van der Waals surface area (Å²) in [6.45, 7) is 2.82. The van der Waals surface area contributed by atoms with Gasteiger partial charge in [-0.25, -0.2) is 0 Å². The van der Waals surface area contributed by atoms with Crippen LogP contribution < -0.4 is 4.74 Å². The van der Waals surface area contributed by atoms with E-state index in [1.807, 2.05) is 54.2 Å². The summed E-state index contributed by atoms with van der Waals surface area (Å²) in [5.74, 6) is 0.833. The van der Waals surface area contributed by atoms with Crippen LogP contribution in [0.2, 0.25) is 0 Å². The molecule has 1 N–H and O–H groups in total. The summed E-state index contributed by atoms with van der Waals surface area (Å²) in [4.78, 5) is 0. The third-order valence-corrected chi connectivity index (χ3v) is 3.68. The number of hydrogen-bond acceptors (Lipinski definition) is 3. The number of ether oxygens (including phenoxy) is 1. The van der Waals surface area contributed by atoms with Crippen molar-refractivity contribution < 1.29 is 9.84 Å². The Bertz CT molecular complexity index is 764. The zero-order valence-corrected chi connectivity index (χ0v) is 12.2. The van der Waals surface area contributed by atoms with Crippen molar-refractivity contribution in [1.29, 1.82) is 0 Å². The van der Waals surface area contributed by atoms with E-state index in [1.165, 1.54) is 0 Å². The van der Waals surface area contributed by atoms with Gasteiger partial charge in [0.25, 0.3) is 0 Å². The predicted octanol–water partition coefficient (Wildman–Crippen LogP) is 3.15. The van der Waals surface area contributed by atoms with E-state index < -0.39 is 6.10 Å². The van der Waals surface area contributed by atoms with Crippen LogP contribution >= 0.6 is 0 Å². The lowest BCUT2D eigenvalue weighted by Gasteiger charge is -2.10. The highest BCUT2D eigenvalue weighted by atomic mass is 16.5. The number of fused-ring (bicyclic) bond motifs is 1. The zero-order valence-electron chi connectivity index (χ0n) is 12.2. The number of aryl methyl sites for hydroxylation is 1. The zero-order chi connectivity index (χ0) is 14.8. The van der Waals surface area contributed by atoms with Gasteiger partial charge in [0.05, 0.1) is 13.3 Å². The molecule has 1 unspecified atom stereocenters. The average Bonchev–Trinajstić information content (AvgIpc) is 3.02. The molecule has 0 radical (unpaired) electrons. The van der Waals surface area contributed by atoms with Crippen LogP contribution in [0.25, 0.3) is 10.8 Å². The van der Waals surface area contributed by atoms with Gasteiger partial charge in [-0.1, -0.05) is 18.2 Å². The van der Waals surface area contributed by atoms with Gasteiger partial charge in [0.1, 0.15) is 11.9 Å². The summed E-state index contributed by atoms with van der Waals surface area (Å²) >= 11 is 0. The van der Waals surface area contributed by atoms with Gasteiger partial charge in [0.2, 0.25) is 0 Å². The van der Waals surface area contributed by atoms with Crippen LogP contribution in [-0.2, 0) is 6.54 Å². The number of benzene rings is 2. The Hall–Kier alpha value is -2.33. The summed E-state index contributed by atoms with van der Waals surface area (Å²) in [5, 5.41) is 16.9. The second-order valence-corrected chi connectivity index (χ2v) is 5.00. The van der Waals surface area contributed by atoms with E-state index >= 15 is 0 Å². The minimum atomic E-state index is -0.656. The molecular formula is C17H18N2O2. The Balaban J connectivity index is 1.96. The van der Waals surface area contributed by atoms with Crippen LogP contribution in [0.3, 0.4) is 0 Å². The van der Waals surface area contributed by atoms with Gasteiger partial charge in [0, 0.05) is 18.3 Å². The van der Waals surface area contributed by atoms with Gasteiger partial charge in [-0.05, 0) is 41.5 Å². The number of hydrogen-bond donors (Lipinski definition) is 1. The number of rotatable bonds is 4. The van der Waals surface area contributed by atoms with Crippen molar-refractivity contribution in [3.63, 3.8) is 0 Å². The molecule has 4 nitrogen and oxygen atoms in total. The van der Waals surface area contributed by atoms with Crippen LogP contribution in [0, 0.1) is 0 Å². The van der Waals surface area contributed by atoms with E-state index in [2.05, 4.69) is 5.10 Å². The first-order valence-electron chi connectivity index (χ1n) is 6.99. The van der Waals surface area contributed by atoms with Crippen LogP contribution in [0.1, 0.15) is 24.2 Å². The van der Waals surface area contributed by atoms with Crippen LogP contribution in [-0.4, -0.2) is 22.0 Å². The molecule has 0 fully saturated rings. The van der Waals surface area contributed by atoms with E-state index in [-0.39, 0.29) is 0 Å². The molecule has 1 heterocycles. The van der Waals surface area contributed by atoms with E-state index in [1.54, 1.807) is 13.3 Å². The van der Waals surface area contributed by atoms with Gasteiger partial charge in [-0.2, -0.15) is 5.10 Å². The molecule has 21 heavy (non-hydrogen) atoms. The molecule has 0 saturated heterocycles. The fourth-order valence-corrected chi connectivity index (χ4v) is 2.43. The Morgan fingerprint density at radius 1 is 1.14 bits per heavy atom. The smallest absolute Gasteiger partial charge is 0.119 e. The highest BCUT2D eigenvalue weighted by molar-refractivity contribution is 5.84. The third kappa shape index (κ3) is 2.62. The average molecular weight is 282 g/mol. The molecule has 0 spiro atoms. The molecule has 0 aliphatic heterocycles. The molecule has 2 aromatic carbocycles. The standard InChI is InChI=1S/C17H18N2O2/c1-3-19-11-15(10-18-19)17(20)14-5-4-13-9-16(21-2)7-6-12(13)8-14/h4-11,17,20H,3H2,1-2H3. The highest BCUT2D eigenvalue weighted by Gasteiger charge is 2.13. The first-order valence-corrected chi connectivity index (χ1v) is 6.99. The Kier molecular flexibility index (Phi) is 3.62. The van der Waals surface area contributed by atoms with Gasteiger partial charge in [-0.15, -0.1) is 0 Å². The second-order valence-electron chi connectivity index (χ2n) is 5.00. The SMILES string of the molecule is CCn1cc(C(O)c2ccc3cc(OC)ccc3c2)cn1. The van der Waals surface area contributed by atoms with E-state index in [4.69, 9.17) is 4.74 Å². The molecule has 108 valence electrons. The number of aliphatic hydroxyl groups is 1. The summed E-state index contributed by atoms with van der Waals surface area (Å²) in [7, 11) is 1.66. The lowest BCUT2D eigenvalue weighted by atomic mass is 10.0. The summed E-state index contributed by atoms with van der Waals surface area (Å²) in [6.07, 6.45) is 2.94. The molecule has 0 bridgehead atoms. The molecule has 1 atom stereocenters. The molecule has 3 aromatic rings. The van der Waals surface area contributed by atoms with Gasteiger partial charge in [-0.3, -0.25) is 4.68 Å². The van der Waals surface area contributed by atoms with Crippen LogP contribution in [0.15, 0.2) is 48.8 Å². The Morgan fingerprint density at radius 3 is 2.62 bits per heavy atom. The summed E-state index contributed by atoms with van der Waals surface area (Å²) < 4.78 is 7.03. The summed E-state index contributed by atoms with van der Waals surface area (Å²) in [6, 6.07) is 11.9. The molecule has 3 rings (SSSR count). The van der Waals surface area contributed by atoms with Crippen molar-refractivity contribution in [2.45, 2.75) is 19.6 Å². The first-order chi connectivity index (χ1) is 10.2. The second kappa shape index (κ2) is 5.58. The molecular weight excluding hydrogens is 264 g/mol. The van der Waals surface area contributed by atoms with Gasteiger partial charge in [0.15, 0.2) is 0 Å². The Labute approximate surface area is 123 Å². The monoisotopic (exact) mass is 282 g/mol. The molecule has 4 heteroatoms. The maximum absolute atomic E-state index is 10.5. The number of nitrogens with zero attached hydrogens (tertiary/aromatic N) is 2. The van der Waals surface area contributed by atoms with Crippen LogP contribution in [0.4, 0.5) is 0 Å². The number of methoxy groups -OCH3 is 1. The van der Waals surface area contributed by atoms with Crippen molar-refractivity contribution in [3.05, 3.63) is 59.9 Å². The molecule has 1 aromatic heterocycles. The topological polar surface area (TPSA) is 47.3 Å². The van der Waals surface area contributed by atoms with Crippen molar-refractivity contribution in [2.75, 3.05) is 7.11 Å². The lowest BCUT2D eigenvalue weighted by molar-refractivity contribution is 0.220. The molecule has 0 saturated carbocycles. The Morgan fingerprint density at radius 2 is 1.90 bits per heavy atom. The maximum atomic E-state index is 10.5. The third-order valence-electron chi connectivity index (χ3n) is 3.68. The predicted molar refractivity (Wildman–Crippen MR) is 82.5 cm³/mol. The normalized spacial score (nSPS) is 12.5. The number of aromatic nitrogens is 2. The first kappa shape index (κ1) is 13.6. The lowest BCUT2D eigenvalue weighted by Crippen LogP contribution is -1.99. The fourth-order valence-electron chi connectivity index (χ4n) is 2.43.